The van der Waals surface area contributed by atoms with Crippen molar-refractivity contribution in [2.24, 2.45) is 5.16 Å². The molecule has 0 aromatic heterocycles. The zero-order valence-electron chi connectivity index (χ0n) is 7.60. The van der Waals surface area contributed by atoms with Gasteiger partial charge < -0.3 is 0 Å². The van der Waals surface area contributed by atoms with Gasteiger partial charge in [0.2, 0.25) is 0 Å². The Hall–Kier alpha value is -0.791. The minimum absolute atomic E-state index is 0.402. The molecule has 0 bridgehead atoms. The summed E-state index contributed by atoms with van der Waals surface area (Å²) < 4.78 is 1.35. The molecule has 0 aliphatic heterocycles. The predicted octanol–water partition coefficient (Wildman–Crippen LogP) is 1.67. The molecule has 70 valence electrons. The molecule has 0 unspecified atom stereocenters. The van der Waals surface area contributed by atoms with Crippen LogP contribution in [0.3, 0.4) is 0 Å². The first-order chi connectivity index (χ1) is 6.36. The molecular weight excluding hydrogens is 229 g/mol. The summed E-state index contributed by atoms with van der Waals surface area (Å²) in [6.07, 6.45) is 0.838. The predicted molar refractivity (Wildman–Crippen MR) is 56.1 cm³/mol. The van der Waals surface area contributed by atoms with E-state index in [0.29, 0.717) is 15.0 Å². The van der Waals surface area contributed by atoms with E-state index in [1.54, 1.807) is 0 Å². The molecule has 0 spiro atoms. The van der Waals surface area contributed by atoms with Gasteiger partial charge >= 0.3 is 84.5 Å². The van der Waals surface area contributed by atoms with Crippen LogP contribution in [0.4, 0.5) is 0 Å². The Morgan fingerprint density at radius 2 is 2.08 bits per heavy atom. The molecule has 2 nitrogen and oxygen atoms in total. The van der Waals surface area contributed by atoms with Crippen molar-refractivity contribution in [3.05, 3.63) is 30.3 Å². The van der Waals surface area contributed by atoms with E-state index >= 15 is 0 Å². The van der Waals surface area contributed by atoms with Gasteiger partial charge in [-0.2, -0.15) is 0 Å². The summed E-state index contributed by atoms with van der Waals surface area (Å²) >= 11 is 0.402. The Morgan fingerprint density at radius 3 is 2.62 bits per heavy atom. The molecule has 0 saturated carbocycles. The van der Waals surface area contributed by atoms with E-state index in [0.717, 1.165) is 17.5 Å². The van der Waals surface area contributed by atoms with Gasteiger partial charge in [0.05, 0.1) is 0 Å². The van der Waals surface area contributed by atoms with Crippen molar-refractivity contribution in [3.8, 4) is 0 Å². The molecular formula is C10H13NOSe. The van der Waals surface area contributed by atoms with Crippen LogP contribution in [0.5, 0.6) is 0 Å². The third-order valence-corrected chi connectivity index (χ3v) is 3.97. The average molecular weight is 242 g/mol. The standard InChI is InChI=1S/C10H13NOSe/c1-2-9(11-12)8-13-10-6-4-3-5-7-10/h3-7,12H,2,8H2,1H3/b11-9-. The number of rotatable bonds is 4. The van der Waals surface area contributed by atoms with Crippen LogP contribution >= 0.6 is 0 Å². The van der Waals surface area contributed by atoms with Gasteiger partial charge in [0.25, 0.3) is 0 Å². The number of benzene rings is 1. The fraction of sp³-hybridized carbons (Fsp3) is 0.300. The quantitative estimate of drug-likeness (QED) is 0.370. The van der Waals surface area contributed by atoms with Crippen LogP contribution in [-0.2, 0) is 0 Å². The van der Waals surface area contributed by atoms with E-state index in [2.05, 4.69) is 17.3 Å². The molecule has 0 radical (unpaired) electrons. The summed E-state index contributed by atoms with van der Waals surface area (Å²) in [5.74, 6) is 0. The summed E-state index contributed by atoms with van der Waals surface area (Å²) in [6.45, 7) is 2.01. The third kappa shape index (κ3) is 3.62. The molecule has 1 aromatic rings. The first kappa shape index (κ1) is 10.3. The summed E-state index contributed by atoms with van der Waals surface area (Å²) in [5, 5.41) is 12.8. The zero-order chi connectivity index (χ0) is 9.52. The first-order valence-corrected chi connectivity index (χ1v) is 6.31. The molecule has 0 saturated heterocycles. The average Bonchev–Trinajstić information content (AvgIpc) is 2.21. The molecule has 0 aliphatic rings. The van der Waals surface area contributed by atoms with E-state index in [9.17, 15) is 0 Å². The summed E-state index contributed by atoms with van der Waals surface area (Å²) in [6, 6.07) is 10.3. The van der Waals surface area contributed by atoms with Gasteiger partial charge in [-0.15, -0.1) is 0 Å². The molecule has 13 heavy (non-hydrogen) atoms. The van der Waals surface area contributed by atoms with Crippen molar-refractivity contribution in [2.45, 2.75) is 18.7 Å². The molecule has 1 N–H and O–H groups in total. The Morgan fingerprint density at radius 1 is 1.38 bits per heavy atom. The van der Waals surface area contributed by atoms with Gasteiger partial charge in [-0.1, -0.05) is 0 Å². The van der Waals surface area contributed by atoms with E-state index in [4.69, 9.17) is 5.21 Å². The van der Waals surface area contributed by atoms with Gasteiger partial charge in [0.1, 0.15) is 0 Å². The first-order valence-electron chi connectivity index (χ1n) is 4.24. The van der Waals surface area contributed by atoms with Crippen molar-refractivity contribution in [1.82, 2.24) is 0 Å². The molecule has 3 heteroatoms. The molecule has 0 amide bonds. The van der Waals surface area contributed by atoms with E-state index in [1.807, 2.05) is 25.1 Å². The Kier molecular flexibility index (Phi) is 4.58. The Labute approximate surface area is 84.8 Å². The van der Waals surface area contributed by atoms with Crippen molar-refractivity contribution in [3.63, 3.8) is 0 Å². The van der Waals surface area contributed by atoms with Gasteiger partial charge in [0.15, 0.2) is 0 Å². The summed E-state index contributed by atoms with van der Waals surface area (Å²) in [4.78, 5) is 0. The zero-order valence-corrected chi connectivity index (χ0v) is 9.32. The second kappa shape index (κ2) is 5.79. The summed E-state index contributed by atoms with van der Waals surface area (Å²) in [5.41, 5.74) is 0.892. The second-order valence-corrected chi connectivity index (χ2v) is 4.82. The van der Waals surface area contributed by atoms with Crippen LogP contribution in [0.15, 0.2) is 35.5 Å². The molecule has 0 heterocycles. The van der Waals surface area contributed by atoms with E-state index < -0.39 is 0 Å². The molecule has 1 aromatic carbocycles. The monoisotopic (exact) mass is 243 g/mol. The molecule has 0 atom stereocenters. The maximum absolute atomic E-state index is 8.60. The fourth-order valence-electron chi connectivity index (χ4n) is 0.885. The van der Waals surface area contributed by atoms with Crippen LogP contribution in [0.1, 0.15) is 13.3 Å². The van der Waals surface area contributed by atoms with Crippen molar-refractivity contribution in [2.75, 3.05) is 0 Å². The van der Waals surface area contributed by atoms with E-state index in [-0.39, 0.29) is 0 Å². The summed E-state index contributed by atoms with van der Waals surface area (Å²) in [7, 11) is 0. The second-order valence-electron chi connectivity index (χ2n) is 2.62. The van der Waals surface area contributed by atoms with Crippen molar-refractivity contribution < 1.29 is 5.21 Å². The maximum atomic E-state index is 8.60. The van der Waals surface area contributed by atoms with Gasteiger partial charge in [-0.05, 0) is 0 Å². The Bertz CT molecular complexity index is 272. The number of oxime groups is 1. The molecule has 0 fully saturated rings. The van der Waals surface area contributed by atoms with Crippen molar-refractivity contribution >= 4 is 25.1 Å². The topological polar surface area (TPSA) is 32.6 Å². The number of hydrogen-bond donors (Lipinski definition) is 1. The number of nitrogens with zero attached hydrogens (tertiary/aromatic N) is 1. The molecule has 0 aliphatic carbocycles. The molecule has 1 rings (SSSR count). The van der Waals surface area contributed by atoms with Crippen LogP contribution in [0.2, 0.25) is 5.32 Å². The Balaban J connectivity index is 2.43. The van der Waals surface area contributed by atoms with Crippen LogP contribution in [0.25, 0.3) is 0 Å². The van der Waals surface area contributed by atoms with Crippen LogP contribution < -0.4 is 4.46 Å². The van der Waals surface area contributed by atoms with Gasteiger partial charge in [-0.25, -0.2) is 0 Å². The fourth-order valence-corrected chi connectivity index (χ4v) is 2.87. The number of hydrogen-bond acceptors (Lipinski definition) is 2. The minimum atomic E-state index is 0.402. The van der Waals surface area contributed by atoms with Crippen molar-refractivity contribution in [1.29, 1.82) is 0 Å². The van der Waals surface area contributed by atoms with E-state index in [1.165, 1.54) is 4.46 Å². The normalized spacial score (nSPS) is 11.6. The SMILES string of the molecule is CC/C(C[Se]c1ccccc1)=N/O. The van der Waals surface area contributed by atoms with Crippen LogP contribution in [-0.4, -0.2) is 25.9 Å². The van der Waals surface area contributed by atoms with Gasteiger partial charge in [0, 0.05) is 0 Å². The third-order valence-electron chi connectivity index (χ3n) is 1.70. The van der Waals surface area contributed by atoms with Gasteiger partial charge in [-0.3, -0.25) is 0 Å². The van der Waals surface area contributed by atoms with Crippen LogP contribution in [0, 0.1) is 0 Å².